The molecule has 2 aliphatic rings. The summed E-state index contributed by atoms with van der Waals surface area (Å²) in [5, 5.41) is 3.32. The second-order valence-electron chi connectivity index (χ2n) is 5.69. The number of ether oxygens (including phenoxy) is 1. The van der Waals surface area contributed by atoms with Gasteiger partial charge in [-0.3, -0.25) is 0 Å². The van der Waals surface area contributed by atoms with E-state index < -0.39 is 0 Å². The number of hydrogen-bond acceptors (Lipinski definition) is 2. The Labute approximate surface area is 81.0 Å². The zero-order chi connectivity index (χ0) is 9.53. The first-order valence-corrected chi connectivity index (χ1v) is 5.37. The van der Waals surface area contributed by atoms with Crippen LogP contribution in [-0.4, -0.2) is 25.3 Å². The molecule has 76 valence electrons. The minimum absolute atomic E-state index is 0.218. The largest absolute Gasteiger partial charge is 0.372 e. The first-order valence-electron chi connectivity index (χ1n) is 5.37. The molecule has 0 saturated carbocycles. The molecule has 0 radical (unpaired) electrons. The van der Waals surface area contributed by atoms with Crippen molar-refractivity contribution in [3.8, 4) is 0 Å². The van der Waals surface area contributed by atoms with Gasteiger partial charge in [0.25, 0.3) is 0 Å². The van der Waals surface area contributed by atoms with Crippen LogP contribution in [0.4, 0.5) is 0 Å². The van der Waals surface area contributed by atoms with Crippen molar-refractivity contribution >= 4 is 0 Å². The minimum Gasteiger partial charge on any atom is -0.372 e. The summed E-state index contributed by atoms with van der Waals surface area (Å²) in [5.41, 5.74) is 0.669. The topological polar surface area (TPSA) is 21.3 Å². The molecule has 2 saturated heterocycles. The summed E-state index contributed by atoms with van der Waals surface area (Å²) >= 11 is 0. The molecule has 0 bridgehead atoms. The molecule has 2 nitrogen and oxygen atoms in total. The van der Waals surface area contributed by atoms with Gasteiger partial charge in [-0.15, -0.1) is 0 Å². The van der Waals surface area contributed by atoms with Crippen LogP contribution >= 0.6 is 0 Å². The lowest BCUT2D eigenvalue weighted by atomic mass is 9.70. The van der Waals surface area contributed by atoms with E-state index in [1.165, 1.54) is 12.8 Å². The molecule has 2 heteroatoms. The van der Waals surface area contributed by atoms with Gasteiger partial charge in [-0.05, 0) is 24.2 Å². The Morgan fingerprint density at radius 1 is 1.31 bits per heavy atom. The summed E-state index contributed by atoms with van der Waals surface area (Å²) in [4.78, 5) is 0. The van der Waals surface area contributed by atoms with Crippen LogP contribution in [0.1, 0.15) is 33.6 Å². The van der Waals surface area contributed by atoms with Gasteiger partial charge in [-0.2, -0.15) is 0 Å². The van der Waals surface area contributed by atoms with Crippen molar-refractivity contribution in [2.75, 3.05) is 19.7 Å². The molecule has 2 fully saturated rings. The van der Waals surface area contributed by atoms with Gasteiger partial charge in [0, 0.05) is 19.7 Å². The third-order valence-electron chi connectivity index (χ3n) is 3.61. The van der Waals surface area contributed by atoms with Gasteiger partial charge in [-0.25, -0.2) is 0 Å². The van der Waals surface area contributed by atoms with E-state index in [4.69, 9.17) is 4.74 Å². The molecule has 2 heterocycles. The van der Waals surface area contributed by atoms with Gasteiger partial charge in [0.1, 0.15) is 0 Å². The Balaban J connectivity index is 2.00. The van der Waals surface area contributed by atoms with Crippen molar-refractivity contribution in [1.29, 1.82) is 0 Å². The second kappa shape index (κ2) is 2.96. The van der Waals surface area contributed by atoms with Crippen molar-refractivity contribution in [1.82, 2.24) is 5.32 Å². The van der Waals surface area contributed by atoms with Crippen LogP contribution in [0.25, 0.3) is 0 Å². The highest BCUT2D eigenvalue weighted by Crippen LogP contribution is 2.41. The molecule has 2 aliphatic heterocycles. The van der Waals surface area contributed by atoms with Crippen molar-refractivity contribution in [2.45, 2.75) is 39.2 Å². The Bertz CT molecular complexity index is 191. The molecule has 0 aromatic carbocycles. The van der Waals surface area contributed by atoms with E-state index in [1.54, 1.807) is 0 Å². The average Bonchev–Trinajstić information content (AvgIpc) is 2.00. The van der Waals surface area contributed by atoms with Crippen LogP contribution in [0.3, 0.4) is 0 Å². The third-order valence-corrected chi connectivity index (χ3v) is 3.61. The fourth-order valence-corrected chi connectivity index (χ4v) is 2.42. The fraction of sp³-hybridized carbons (Fsp3) is 1.00. The Hall–Kier alpha value is -0.0800. The maximum Gasteiger partial charge on any atom is 0.0932 e. The fourth-order valence-electron chi connectivity index (χ4n) is 2.42. The predicted molar refractivity (Wildman–Crippen MR) is 53.7 cm³/mol. The maximum atomic E-state index is 5.86. The van der Waals surface area contributed by atoms with Gasteiger partial charge >= 0.3 is 0 Å². The first kappa shape index (κ1) is 9.47. The summed E-state index contributed by atoms with van der Waals surface area (Å²) in [7, 11) is 0. The Kier molecular flexibility index (Phi) is 2.16. The zero-order valence-electron chi connectivity index (χ0n) is 9.02. The molecule has 2 rings (SSSR count). The predicted octanol–water partition coefficient (Wildman–Crippen LogP) is 1.80. The third kappa shape index (κ3) is 1.75. The highest BCUT2D eigenvalue weighted by molar-refractivity contribution is 4.99. The van der Waals surface area contributed by atoms with E-state index in [0.717, 1.165) is 25.6 Å². The van der Waals surface area contributed by atoms with Gasteiger partial charge in [-0.1, -0.05) is 20.8 Å². The Morgan fingerprint density at radius 2 is 2.00 bits per heavy atom. The van der Waals surface area contributed by atoms with Gasteiger partial charge in [0.05, 0.1) is 5.60 Å². The molecule has 0 amide bonds. The SMILES string of the molecule is CC(C)(C)C1CCOC2(CNC2)C1. The minimum atomic E-state index is 0.218. The molecule has 0 aliphatic carbocycles. The van der Waals surface area contributed by atoms with Crippen LogP contribution in [0.5, 0.6) is 0 Å². The average molecular weight is 183 g/mol. The summed E-state index contributed by atoms with van der Waals surface area (Å²) in [6, 6.07) is 0. The zero-order valence-corrected chi connectivity index (χ0v) is 9.02. The molecule has 13 heavy (non-hydrogen) atoms. The monoisotopic (exact) mass is 183 g/mol. The van der Waals surface area contributed by atoms with E-state index in [2.05, 4.69) is 26.1 Å². The van der Waals surface area contributed by atoms with E-state index >= 15 is 0 Å². The molecule has 1 spiro atoms. The normalized spacial score (nSPS) is 33.0. The van der Waals surface area contributed by atoms with E-state index in [1.807, 2.05) is 0 Å². The summed E-state index contributed by atoms with van der Waals surface area (Å²) in [6.07, 6.45) is 2.49. The molecular weight excluding hydrogens is 162 g/mol. The maximum absolute atomic E-state index is 5.86. The number of nitrogens with one attached hydrogen (secondary N) is 1. The quantitative estimate of drug-likeness (QED) is 0.618. The summed E-state index contributed by atoms with van der Waals surface area (Å²) in [6.45, 7) is 10.1. The van der Waals surface area contributed by atoms with E-state index in [0.29, 0.717) is 5.41 Å². The Morgan fingerprint density at radius 3 is 2.46 bits per heavy atom. The molecule has 1 atom stereocenters. The summed E-state index contributed by atoms with van der Waals surface area (Å²) < 4.78 is 5.86. The van der Waals surface area contributed by atoms with Crippen LogP contribution in [-0.2, 0) is 4.74 Å². The lowest BCUT2D eigenvalue weighted by molar-refractivity contribution is -0.140. The number of hydrogen-bond donors (Lipinski definition) is 1. The van der Waals surface area contributed by atoms with Gasteiger partial charge in [0.2, 0.25) is 0 Å². The lowest BCUT2D eigenvalue weighted by Gasteiger charge is -2.50. The highest BCUT2D eigenvalue weighted by Gasteiger charge is 2.45. The van der Waals surface area contributed by atoms with Crippen molar-refractivity contribution in [2.24, 2.45) is 11.3 Å². The lowest BCUT2D eigenvalue weighted by Crippen LogP contribution is -2.64. The summed E-state index contributed by atoms with van der Waals surface area (Å²) in [5.74, 6) is 0.836. The number of rotatable bonds is 0. The van der Waals surface area contributed by atoms with Crippen molar-refractivity contribution < 1.29 is 4.74 Å². The first-order chi connectivity index (χ1) is 6.02. The smallest absolute Gasteiger partial charge is 0.0932 e. The van der Waals surface area contributed by atoms with Crippen LogP contribution < -0.4 is 5.32 Å². The van der Waals surface area contributed by atoms with Gasteiger partial charge < -0.3 is 10.1 Å². The van der Waals surface area contributed by atoms with Crippen molar-refractivity contribution in [3.05, 3.63) is 0 Å². The van der Waals surface area contributed by atoms with E-state index in [9.17, 15) is 0 Å². The van der Waals surface area contributed by atoms with Crippen molar-refractivity contribution in [3.63, 3.8) is 0 Å². The highest BCUT2D eigenvalue weighted by atomic mass is 16.5. The molecule has 0 aromatic heterocycles. The second-order valence-corrected chi connectivity index (χ2v) is 5.69. The van der Waals surface area contributed by atoms with Gasteiger partial charge in [0.15, 0.2) is 0 Å². The molecule has 1 unspecified atom stereocenters. The molecule has 0 aromatic rings. The van der Waals surface area contributed by atoms with Crippen LogP contribution in [0.2, 0.25) is 0 Å². The molecular formula is C11H21NO. The van der Waals surface area contributed by atoms with Crippen LogP contribution in [0.15, 0.2) is 0 Å². The molecule has 1 N–H and O–H groups in total. The van der Waals surface area contributed by atoms with Crippen LogP contribution in [0, 0.1) is 11.3 Å². The standard InChI is InChI=1S/C11H21NO/c1-10(2,3)9-4-5-13-11(6-9)7-12-8-11/h9,12H,4-8H2,1-3H3. The van der Waals surface area contributed by atoms with E-state index in [-0.39, 0.29) is 5.60 Å².